The third-order valence-corrected chi connectivity index (χ3v) is 4.74. The molecule has 0 bridgehead atoms. The van der Waals surface area contributed by atoms with Crippen molar-refractivity contribution in [1.29, 1.82) is 0 Å². The summed E-state index contributed by atoms with van der Waals surface area (Å²) in [5, 5.41) is 19.1. The predicted molar refractivity (Wildman–Crippen MR) is 77.5 cm³/mol. The van der Waals surface area contributed by atoms with Gasteiger partial charge in [-0.05, 0) is 31.4 Å². The third kappa shape index (κ3) is 2.14. The van der Waals surface area contributed by atoms with Crippen molar-refractivity contribution < 1.29 is 5.11 Å². The molecule has 20 heavy (non-hydrogen) atoms. The molecule has 1 fully saturated rings. The van der Waals surface area contributed by atoms with Gasteiger partial charge in [0, 0.05) is 5.41 Å². The van der Waals surface area contributed by atoms with Crippen LogP contribution in [0.15, 0.2) is 36.5 Å². The van der Waals surface area contributed by atoms with Crippen molar-refractivity contribution in [3.05, 3.63) is 42.2 Å². The minimum atomic E-state index is -0.495. The van der Waals surface area contributed by atoms with E-state index in [2.05, 4.69) is 17.2 Å². The highest BCUT2D eigenvalue weighted by Gasteiger charge is 2.41. The van der Waals surface area contributed by atoms with Crippen molar-refractivity contribution in [2.75, 3.05) is 0 Å². The van der Waals surface area contributed by atoms with E-state index in [1.54, 1.807) is 10.9 Å². The molecule has 0 saturated heterocycles. The number of hydrogen-bond donors (Lipinski definition) is 1. The number of aliphatic hydroxyl groups is 1. The van der Waals surface area contributed by atoms with Gasteiger partial charge in [-0.3, -0.25) is 0 Å². The monoisotopic (exact) mass is 271 g/mol. The van der Waals surface area contributed by atoms with E-state index in [9.17, 15) is 5.11 Å². The lowest BCUT2D eigenvalue weighted by Gasteiger charge is -2.33. The predicted octanol–water partition coefficient (Wildman–Crippen LogP) is 3.27. The van der Waals surface area contributed by atoms with Crippen LogP contribution in [0.25, 0.3) is 5.69 Å². The molecule has 3 rings (SSSR count). The van der Waals surface area contributed by atoms with Gasteiger partial charge in [0.1, 0.15) is 6.10 Å². The smallest absolute Gasteiger partial charge is 0.103 e. The van der Waals surface area contributed by atoms with Gasteiger partial charge < -0.3 is 5.11 Å². The van der Waals surface area contributed by atoms with Crippen LogP contribution in [0.5, 0.6) is 0 Å². The zero-order chi connectivity index (χ0) is 14.0. The Balaban J connectivity index is 1.97. The van der Waals surface area contributed by atoms with Crippen molar-refractivity contribution in [1.82, 2.24) is 15.0 Å². The maximum absolute atomic E-state index is 10.9. The quantitative estimate of drug-likeness (QED) is 0.928. The SMILES string of the molecule is CCC1(C(O)c2cnnn2-c2ccccc2)CCCC1. The van der Waals surface area contributed by atoms with E-state index in [-0.39, 0.29) is 5.41 Å². The average molecular weight is 271 g/mol. The highest BCUT2D eigenvalue weighted by molar-refractivity contribution is 5.32. The molecule has 4 nitrogen and oxygen atoms in total. The molecule has 0 amide bonds. The van der Waals surface area contributed by atoms with Gasteiger partial charge in [0.15, 0.2) is 0 Å². The van der Waals surface area contributed by atoms with Crippen LogP contribution in [0.4, 0.5) is 0 Å². The molecule has 0 aliphatic heterocycles. The number of benzene rings is 1. The Hall–Kier alpha value is -1.68. The van der Waals surface area contributed by atoms with Crippen LogP contribution in [-0.2, 0) is 0 Å². The normalized spacial score (nSPS) is 19.1. The molecule has 106 valence electrons. The first-order chi connectivity index (χ1) is 9.77. The summed E-state index contributed by atoms with van der Waals surface area (Å²) in [5.74, 6) is 0. The molecular formula is C16H21N3O. The van der Waals surface area contributed by atoms with Gasteiger partial charge >= 0.3 is 0 Å². The molecular weight excluding hydrogens is 250 g/mol. The Morgan fingerprint density at radius 3 is 2.60 bits per heavy atom. The van der Waals surface area contributed by atoms with E-state index in [0.29, 0.717) is 0 Å². The van der Waals surface area contributed by atoms with Gasteiger partial charge in [0.25, 0.3) is 0 Å². The summed E-state index contributed by atoms with van der Waals surface area (Å²) in [5.41, 5.74) is 1.75. The fourth-order valence-electron chi connectivity index (χ4n) is 3.41. The number of aromatic nitrogens is 3. The van der Waals surface area contributed by atoms with Crippen molar-refractivity contribution in [3.8, 4) is 5.69 Å². The molecule has 1 aromatic carbocycles. The van der Waals surface area contributed by atoms with E-state index >= 15 is 0 Å². The molecule has 1 heterocycles. The van der Waals surface area contributed by atoms with Crippen LogP contribution in [-0.4, -0.2) is 20.1 Å². The Morgan fingerprint density at radius 2 is 1.95 bits per heavy atom. The summed E-state index contributed by atoms with van der Waals surface area (Å²) < 4.78 is 1.76. The van der Waals surface area contributed by atoms with Gasteiger partial charge in [-0.25, -0.2) is 4.68 Å². The summed E-state index contributed by atoms with van der Waals surface area (Å²) in [6.07, 6.45) is 6.79. The van der Waals surface area contributed by atoms with Crippen LogP contribution in [0.1, 0.15) is 50.8 Å². The first-order valence-electron chi connectivity index (χ1n) is 7.41. The molecule has 1 aliphatic rings. The van der Waals surface area contributed by atoms with E-state index in [1.807, 2.05) is 30.3 Å². The lowest BCUT2D eigenvalue weighted by Crippen LogP contribution is -2.27. The highest BCUT2D eigenvalue weighted by Crippen LogP contribution is 2.49. The van der Waals surface area contributed by atoms with Crippen molar-refractivity contribution in [3.63, 3.8) is 0 Å². The molecule has 2 aromatic rings. The summed E-state index contributed by atoms with van der Waals surface area (Å²) in [6, 6.07) is 9.88. The Morgan fingerprint density at radius 1 is 1.25 bits per heavy atom. The molecule has 1 unspecified atom stereocenters. The minimum Gasteiger partial charge on any atom is -0.386 e. The standard InChI is InChI=1S/C16H21N3O/c1-2-16(10-6-7-11-16)15(20)14-12-17-18-19(14)13-8-4-3-5-9-13/h3-5,8-9,12,15,20H,2,6-7,10-11H2,1H3. The Labute approximate surface area is 119 Å². The zero-order valence-electron chi connectivity index (χ0n) is 11.9. The summed E-state index contributed by atoms with van der Waals surface area (Å²) >= 11 is 0. The number of nitrogens with zero attached hydrogens (tertiary/aromatic N) is 3. The molecule has 0 spiro atoms. The molecule has 1 atom stereocenters. The number of rotatable bonds is 4. The summed E-state index contributed by atoms with van der Waals surface area (Å²) in [4.78, 5) is 0. The highest BCUT2D eigenvalue weighted by atomic mass is 16.3. The van der Waals surface area contributed by atoms with Crippen LogP contribution >= 0.6 is 0 Å². The second-order valence-electron chi connectivity index (χ2n) is 5.73. The lowest BCUT2D eigenvalue weighted by molar-refractivity contribution is 0.0187. The lowest BCUT2D eigenvalue weighted by atomic mass is 9.76. The van der Waals surface area contributed by atoms with Gasteiger partial charge in [-0.1, -0.05) is 43.2 Å². The van der Waals surface area contributed by atoms with Crippen molar-refractivity contribution >= 4 is 0 Å². The topological polar surface area (TPSA) is 50.9 Å². The van der Waals surface area contributed by atoms with E-state index < -0.39 is 6.10 Å². The van der Waals surface area contributed by atoms with Gasteiger partial charge in [-0.2, -0.15) is 0 Å². The molecule has 1 aliphatic carbocycles. The first kappa shape index (κ1) is 13.3. The van der Waals surface area contributed by atoms with Crippen molar-refractivity contribution in [2.24, 2.45) is 5.41 Å². The maximum Gasteiger partial charge on any atom is 0.103 e. The minimum absolute atomic E-state index is 0.00571. The Kier molecular flexibility index (Phi) is 3.57. The summed E-state index contributed by atoms with van der Waals surface area (Å²) in [6.45, 7) is 2.17. The van der Waals surface area contributed by atoms with Crippen LogP contribution < -0.4 is 0 Å². The first-order valence-corrected chi connectivity index (χ1v) is 7.41. The number of para-hydroxylation sites is 1. The maximum atomic E-state index is 10.9. The average Bonchev–Trinajstić information content (AvgIpc) is 3.17. The fraction of sp³-hybridized carbons (Fsp3) is 0.500. The number of aliphatic hydroxyl groups excluding tert-OH is 1. The van der Waals surface area contributed by atoms with Crippen LogP contribution in [0, 0.1) is 5.41 Å². The Bertz CT molecular complexity index is 558. The largest absolute Gasteiger partial charge is 0.386 e. The molecule has 1 saturated carbocycles. The van der Waals surface area contributed by atoms with Gasteiger partial charge in [0.05, 0.1) is 17.6 Å². The van der Waals surface area contributed by atoms with Crippen molar-refractivity contribution in [2.45, 2.75) is 45.1 Å². The zero-order valence-corrected chi connectivity index (χ0v) is 11.9. The van der Waals surface area contributed by atoms with Crippen LogP contribution in [0.3, 0.4) is 0 Å². The van der Waals surface area contributed by atoms with Crippen LogP contribution in [0.2, 0.25) is 0 Å². The van der Waals surface area contributed by atoms with Gasteiger partial charge in [-0.15, -0.1) is 5.10 Å². The summed E-state index contributed by atoms with van der Waals surface area (Å²) in [7, 11) is 0. The third-order valence-electron chi connectivity index (χ3n) is 4.74. The fourth-order valence-corrected chi connectivity index (χ4v) is 3.41. The second kappa shape index (κ2) is 5.37. The molecule has 0 radical (unpaired) electrons. The van der Waals surface area contributed by atoms with E-state index in [1.165, 1.54) is 12.8 Å². The molecule has 4 heteroatoms. The number of hydrogen-bond acceptors (Lipinski definition) is 3. The molecule has 1 aromatic heterocycles. The van der Waals surface area contributed by atoms with Gasteiger partial charge in [0.2, 0.25) is 0 Å². The second-order valence-corrected chi connectivity index (χ2v) is 5.73. The van der Waals surface area contributed by atoms with E-state index in [0.717, 1.165) is 30.6 Å². The van der Waals surface area contributed by atoms with E-state index in [4.69, 9.17) is 0 Å². The molecule has 1 N–H and O–H groups in total.